The molecule has 4 aromatic rings. The van der Waals surface area contributed by atoms with E-state index in [2.05, 4.69) is 6.92 Å². The van der Waals surface area contributed by atoms with Crippen LogP contribution in [0, 0.1) is 13.8 Å². The van der Waals surface area contributed by atoms with Crippen molar-refractivity contribution in [1.29, 1.82) is 0 Å². The summed E-state index contributed by atoms with van der Waals surface area (Å²) in [6, 6.07) is 13.9. The van der Waals surface area contributed by atoms with Crippen molar-refractivity contribution in [2.45, 2.75) is 57.8 Å². The van der Waals surface area contributed by atoms with Crippen LogP contribution in [-0.2, 0) is 6.42 Å². The minimum atomic E-state index is -5.64. The summed E-state index contributed by atoms with van der Waals surface area (Å²) in [5.41, 5.74) is -1.30. The molecule has 1 aliphatic carbocycles. The Kier molecular flexibility index (Phi) is 6.91. The first kappa shape index (κ1) is 27.8. The molecule has 0 unspecified atom stereocenters. The highest BCUT2D eigenvalue weighted by atomic mass is 32.1. The van der Waals surface area contributed by atoms with Gasteiger partial charge < -0.3 is 4.74 Å². The van der Waals surface area contributed by atoms with Gasteiger partial charge in [-0.2, -0.15) is 26.3 Å². The van der Waals surface area contributed by atoms with E-state index in [1.165, 1.54) is 27.0 Å². The lowest BCUT2D eigenvalue weighted by Crippen LogP contribution is -2.49. The first-order valence-corrected chi connectivity index (χ1v) is 14.2. The molecule has 0 aliphatic heterocycles. The molecule has 0 radical (unpaired) electrons. The molecule has 206 valence electrons. The summed E-state index contributed by atoms with van der Waals surface area (Å²) in [6.07, 6.45) is 2.96. The van der Waals surface area contributed by atoms with E-state index in [4.69, 9.17) is 4.74 Å². The van der Waals surface area contributed by atoms with Gasteiger partial charge in [-0.15, -0.1) is 11.3 Å². The smallest absolute Gasteiger partial charge is 0.380 e. The Bertz CT molecular complexity index is 1580. The van der Waals surface area contributed by atoms with Crippen molar-refractivity contribution < 1.29 is 31.1 Å². The van der Waals surface area contributed by atoms with Gasteiger partial charge in [-0.05, 0) is 49.4 Å². The number of rotatable bonds is 7. The van der Waals surface area contributed by atoms with Crippen LogP contribution in [0.4, 0.5) is 26.3 Å². The molecule has 1 aliphatic rings. The molecule has 0 bridgehead atoms. The van der Waals surface area contributed by atoms with Gasteiger partial charge in [0.15, 0.2) is 5.06 Å². The predicted octanol–water partition coefficient (Wildman–Crippen LogP) is 10.4. The fraction of sp³-hybridized carbons (Fsp3) is 0.333. The second-order valence-corrected chi connectivity index (χ2v) is 12.0. The number of benzene rings is 2. The van der Waals surface area contributed by atoms with E-state index in [1.807, 2.05) is 24.3 Å². The molecule has 2 heterocycles. The number of hydrogen-bond donors (Lipinski definition) is 0. The zero-order valence-corrected chi connectivity index (χ0v) is 23.4. The third-order valence-electron chi connectivity index (χ3n) is 7.27. The van der Waals surface area contributed by atoms with Crippen LogP contribution in [0.1, 0.15) is 46.9 Å². The Morgan fingerprint density at radius 3 is 2.03 bits per heavy atom. The van der Waals surface area contributed by atoms with Gasteiger partial charge in [-0.25, -0.2) is 0 Å². The summed E-state index contributed by atoms with van der Waals surface area (Å²) in [5.74, 6) is -15.9. The van der Waals surface area contributed by atoms with Crippen molar-refractivity contribution in [3.8, 4) is 15.5 Å². The third-order valence-corrected chi connectivity index (χ3v) is 9.66. The van der Waals surface area contributed by atoms with E-state index >= 15 is 26.3 Å². The molecular formula is C30H26F6OS2. The van der Waals surface area contributed by atoms with E-state index in [1.54, 1.807) is 18.2 Å². The standard InChI is InChI=1S/C30H26F6OS2/c1-5-6-9-18-12-14-19(15-13-18)26-16(2)22(17(3)38-26)24-25(29(33,34)30(35,36)28(24,31)32)23-20-10-7-8-11-21(20)39-27(23)37-4/h7-8,10-15H,5-6,9H2,1-4H3. The first-order valence-electron chi connectivity index (χ1n) is 12.5. The van der Waals surface area contributed by atoms with Crippen LogP contribution in [-0.4, -0.2) is 24.9 Å². The Balaban J connectivity index is 1.80. The third kappa shape index (κ3) is 4.03. The molecular weight excluding hydrogens is 554 g/mol. The summed E-state index contributed by atoms with van der Waals surface area (Å²) >= 11 is 2.08. The largest absolute Gasteiger partial charge is 0.487 e. The summed E-state index contributed by atoms with van der Waals surface area (Å²) in [4.78, 5) is 0.838. The number of halogens is 6. The minimum Gasteiger partial charge on any atom is -0.487 e. The van der Waals surface area contributed by atoms with Gasteiger partial charge in [-0.1, -0.05) is 67.1 Å². The second-order valence-electron chi connectivity index (χ2n) is 9.73. The normalized spacial score (nSPS) is 17.8. The van der Waals surface area contributed by atoms with Crippen molar-refractivity contribution in [2.75, 3.05) is 7.11 Å². The van der Waals surface area contributed by atoms with Crippen LogP contribution in [0.3, 0.4) is 0 Å². The van der Waals surface area contributed by atoms with Gasteiger partial charge in [-0.3, -0.25) is 0 Å². The zero-order chi connectivity index (χ0) is 28.3. The van der Waals surface area contributed by atoms with E-state index in [9.17, 15) is 0 Å². The molecule has 2 aromatic heterocycles. The number of allylic oxidation sites excluding steroid dienone is 2. The van der Waals surface area contributed by atoms with Crippen LogP contribution in [0.15, 0.2) is 48.5 Å². The molecule has 0 fully saturated rings. The van der Waals surface area contributed by atoms with E-state index < -0.39 is 34.5 Å². The predicted molar refractivity (Wildman–Crippen MR) is 148 cm³/mol. The summed E-state index contributed by atoms with van der Waals surface area (Å²) in [7, 11) is 1.21. The highest BCUT2D eigenvalue weighted by molar-refractivity contribution is 7.21. The number of ether oxygens (including phenoxy) is 1. The lowest BCUT2D eigenvalue weighted by Gasteiger charge is -2.26. The highest BCUT2D eigenvalue weighted by Gasteiger charge is 2.80. The van der Waals surface area contributed by atoms with Gasteiger partial charge in [0.05, 0.1) is 12.7 Å². The number of methoxy groups -OCH3 is 1. The molecule has 0 spiro atoms. The van der Waals surface area contributed by atoms with E-state index in [0.29, 0.717) is 15.1 Å². The molecule has 0 saturated heterocycles. The molecule has 5 rings (SSSR count). The number of fused-ring (bicyclic) bond motifs is 1. The summed E-state index contributed by atoms with van der Waals surface area (Å²) in [6.45, 7) is 5.12. The van der Waals surface area contributed by atoms with Gasteiger partial charge in [0, 0.05) is 36.5 Å². The Labute approximate surface area is 230 Å². The maximum absolute atomic E-state index is 15.7. The monoisotopic (exact) mass is 580 g/mol. The summed E-state index contributed by atoms with van der Waals surface area (Å²) < 4.78 is 98.5. The molecule has 2 aromatic carbocycles. The number of thiophene rings is 2. The van der Waals surface area contributed by atoms with Crippen molar-refractivity contribution >= 4 is 43.9 Å². The Morgan fingerprint density at radius 1 is 0.795 bits per heavy atom. The van der Waals surface area contributed by atoms with Crippen LogP contribution in [0.2, 0.25) is 0 Å². The zero-order valence-electron chi connectivity index (χ0n) is 21.7. The fourth-order valence-electron chi connectivity index (χ4n) is 5.29. The first-order chi connectivity index (χ1) is 18.4. The van der Waals surface area contributed by atoms with E-state index in [0.717, 1.165) is 47.5 Å². The fourth-order valence-corrected chi connectivity index (χ4v) is 7.49. The van der Waals surface area contributed by atoms with Gasteiger partial charge in [0.25, 0.3) is 0 Å². The topological polar surface area (TPSA) is 9.23 Å². The molecule has 0 saturated carbocycles. The number of unbranched alkanes of at least 4 members (excludes halogenated alkanes) is 1. The number of hydrogen-bond acceptors (Lipinski definition) is 3. The van der Waals surface area contributed by atoms with Crippen LogP contribution < -0.4 is 4.74 Å². The second kappa shape index (κ2) is 9.70. The maximum atomic E-state index is 15.7. The van der Waals surface area contributed by atoms with Gasteiger partial charge in [0.2, 0.25) is 0 Å². The average molecular weight is 581 g/mol. The van der Waals surface area contributed by atoms with Crippen LogP contribution in [0.5, 0.6) is 5.06 Å². The molecule has 0 amide bonds. The maximum Gasteiger partial charge on any atom is 0.380 e. The van der Waals surface area contributed by atoms with Crippen molar-refractivity contribution in [3.63, 3.8) is 0 Å². The molecule has 0 atom stereocenters. The Morgan fingerprint density at radius 2 is 1.41 bits per heavy atom. The summed E-state index contributed by atoms with van der Waals surface area (Å²) in [5, 5.41) is 0.0405. The Hall–Kier alpha value is -2.78. The molecule has 1 nitrogen and oxygen atoms in total. The van der Waals surface area contributed by atoms with E-state index in [-0.39, 0.29) is 26.5 Å². The SMILES string of the molecule is CCCCc1ccc(-c2sc(C)c(C3=C(c4c(OC)sc5ccccc45)C(F)(F)C(F)(F)C3(F)F)c2C)cc1. The van der Waals surface area contributed by atoms with Crippen molar-refractivity contribution in [1.82, 2.24) is 0 Å². The quantitative estimate of drug-likeness (QED) is 0.198. The molecule has 0 N–H and O–H groups in total. The molecule has 9 heteroatoms. The lowest BCUT2D eigenvalue weighted by molar-refractivity contribution is -0.254. The van der Waals surface area contributed by atoms with Gasteiger partial charge in [0.1, 0.15) is 0 Å². The van der Waals surface area contributed by atoms with Gasteiger partial charge >= 0.3 is 17.8 Å². The van der Waals surface area contributed by atoms with Crippen LogP contribution in [0.25, 0.3) is 31.7 Å². The highest BCUT2D eigenvalue weighted by Crippen LogP contribution is 2.67. The van der Waals surface area contributed by atoms with Crippen molar-refractivity contribution in [3.05, 3.63) is 75.7 Å². The lowest BCUT2D eigenvalue weighted by atomic mass is 9.91. The number of alkyl halides is 6. The van der Waals surface area contributed by atoms with Crippen LogP contribution >= 0.6 is 22.7 Å². The average Bonchev–Trinajstić information content (AvgIpc) is 3.44. The molecule has 39 heavy (non-hydrogen) atoms. The minimum absolute atomic E-state index is 0.120. The number of aryl methyl sites for hydroxylation is 2. The van der Waals surface area contributed by atoms with Crippen molar-refractivity contribution in [2.24, 2.45) is 0 Å².